The molecule has 2 saturated heterocycles. The van der Waals surface area contributed by atoms with Gasteiger partial charge in [0.2, 0.25) is 0 Å². The van der Waals surface area contributed by atoms with E-state index in [1.807, 2.05) is 0 Å². The molecule has 10 atom stereocenters. The van der Waals surface area contributed by atoms with Crippen molar-refractivity contribution in [3.63, 3.8) is 0 Å². The number of aliphatic hydroxyl groups excluding tert-OH is 3. The summed E-state index contributed by atoms with van der Waals surface area (Å²) in [6, 6.07) is 1.20. The van der Waals surface area contributed by atoms with Gasteiger partial charge in [-0.1, -0.05) is 6.58 Å². The molecule has 2 fully saturated rings. The maximum absolute atomic E-state index is 11.9. The number of aromatic nitrogens is 2. The number of amidine groups is 1. The van der Waals surface area contributed by atoms with Crippen LogP contribution in [0.3, 0.4) is 0 Å². The van der Waals surface area contributed by atoms with Crippen molar-refractivity contribution in [2.45, 2.75) is 61.9 Å². The van der Waals surface area contributed by atoms with E-state index in [-0.39, 0.29) is 12.4 Å². The highest BCUT2D eigenvalue weighted by Crippen LogP contribution is 2.66. The van der Waals surface area contributed by atoms with Crippen molar-refractivity contribution in [1.29, 1.82) is 0 Å². The molecule has 3 aliphatic heterocycles. The van der Waals surface area contributed by atoms with Crippen molar-refractivity contribution in [2.75, 3.05) is 18.9 Å². The Bertz CT molecular complexity index is 1630. The molecular weight excluding hydrogens is 717 g/mol. The van der Waals surface area contributed by atoms with Gasteiger partial charge in [-0.05, 0) is 26.0 Å². The maximum Gasteiger partial charge on any atom is 0.490 e. The van der Waals surface area contributed by atoms with E-state index >= 15 is 0 Å². The summed E-state index contributed by atoms with van der Waals surface area (Å²) in [6.45, 7) is 4.80. The van der Waals surface area contributed by atoms with E-state index in [1.54, 1.807) is 6.20 Å². The third-order valence-electron chi connectivity index (χ3n) is 6.83. The van der Waals surface area contributed by atoms with Crippen LogP contribution in [-0.4, -0.2) is 120 Å². The number of nitrogens with two attached hydrogens (primary N) is 2. The molecule has 27 heteroatoms. The molecule has 272 valence electrons. The molecule has 1 aromatic rings. The number of aliphatic hydroxyl groups is 5. The van der Waals surface area contributed by atoms with Gasteiger partial charge in [0.1, 0.15) is 53.1 Å². The molecule has 1 aromatic heterocycles. The first-order valence-corrected chi connectivity index (χ1v) is 17.7. The third kappa shape index (κ3) is 9.41. The molecule has 0 aliphatic carbocycles. The fourth-order valence-corrected chi connectivity index (χ4v) is 7.57. The summed E-state index contributed by atoms with van der Waals surface area (Å²) in [7, 11) is -16.8. The molecule has 48 heavy (non-hydrogen) atoms. The Balaban J connectivity index is 0.000000294. The molecule has 0 aromatic carbocycles. The van der Waals surface area contributed by atoms with Crippen LogP contribution in [0.1, 0.15) is 20.1 Å². The summed E-state index contributed by atoms with van der Waals surface area (Å²) in [6.07, 6.45) is -3.64. The highest BCUT2D eigenvalue weighted by atomic mass is 31.3. The number of nitrogen functional groups attached to an aromatic ring is 1. The minimum Gasteiger partial charge on any atom is -0.394 e. The number of nitrogens with zero attached hydrogens (tertiary/aromatic N) is 4. The Morgan fingerprint density at radius 2 is 1.54 bits per heavy atom. The lowest BCUT2D eigenvalue weighted by Crippen LogP contribution is -2.51. The van der Waals surface area contributed by atoms with Gasteiger partial charge in [-0.25, -0.2) is 23.5 Å². The van der Waals surface area contributed by atoms with Crippen LogP contribution in [0.25, 0.3) is 0 Å². The quantitative estimate of drug-likeness (QED) is 0.104. The predicted octanol–water partition coefficient (Wildman–Crippen LogP) is -3.35. The molecule has 4 unspecified atom stereocenters. The zero-order chi connectivity index (χ0) is 36.6. The van der Waals surface area contributed by atoms with Crippen LogP contribution < -0.4 is 17.2 Å². The first kappa shape index (κ1) is 40.0. The highest BCUT2D eigenvalue weighted by Gasteiger charge is 2.55. The number of phosphoric acid groups is 3. The lowest BCUT2D eigenvalue weighted by Gasteiger charge is -2.35. The number of anilines is 1. The van der Waals surface area contributed by atoms with Crippen molar-refractivity contribution in [3.05, 3.63) is 47.4 Å². The van der Waals surface area contributed by atoms with Gasteiger partial charge < -0.3 is 70.9 Å². The number of hydrogen-bond acceptors (Lipinski definition) is 19. The van der Waals surface area contributed by atoms with Gasteiger partial charge in [0, 0.05) is 12.4 Å². The van der Waals surface area contributed by atoms with Crippen LogP contribution in [0.15, 0.2) is 46.7 Å². The topological polar surface area (TPSA) is 382 Å². The van der Waals surface area contributed by atoms with E-state index in [1.165, 1.54) is 24.0 Å². The Kier molecular flexibility index (Phi) is 12.0. The molecule has 24 nitrogen and oxygen atoms in total. The van der Waals surface area contributed by atoms with E-state index < -0.39 is 83.8 Å². The lowest BCUT2D eigenvalue weighted by atomic mass is 9.96. The second-order valence-corrected chi connectivity index (χ2v) is 15.1. The summed E-state index contributed by atoms with van der Waals surface area (Å²) in [5.41, 5.74) is 6.25. The first-order chi connectivity index (χ1) is 21.8. The molecule has 4 rings (SSSR count). The second-order valence-electron chi connectivity index (χ2n) is 10.7. The summed E-state index contributed by atoms with van der Waals surface area (Å²) < 4.78 is 56.6. The SMILES string of the molecule is C=C1N=C(N)C=CN1[C@@H]1O[C@H](CO)[C@H](O)C1(C)O.CC1(O)[C@@H](O)[C@@H](COP(=O)(O)OP(=O)(O)OP(=O)(O)O)O[C@H]1n1ccc(N)nc1=O. The van der Waals surface area contributed by atoms with E-state index in [4.69, 9.17) is 40.7 Å². The number of ether oxygens (including phenoxy) is 2. The lowest BCUT2D eigenvalue weighted by molar-refractivity contribution is -0.110. The van der Waals surface area contributed by atoms with Crippen molar-refractivity contribution in [3.8, 4) is 0 Å². The van der Waals surface area contributed by atoms with Gasteiger partial charge >= 0.3 is 29.2 Å². The van der Waals surface area contributed by atoms with Crippen LogP contribution in [-0.2, 0) is 36.3 Å². The molecule has 13 N–H and O–H groups in total. The van der Waals surface area contributed by atoms with Crippen LogP contribution in [0, 0.1) is 0 Å². The zero-order valence-corrected chi connectivity index (χ0v) is 27.6. The van der Waals surface area contributed by atoms with Crippen LogP contribution >= 0.6 is 23.5 Å². The number of phosphoric ester groups is 1. The summed E-state index contributed by atoms with van der Waals surface area (Å²) >= 11 is 0. The first-order valence-electron chi connectivity index (χ1n) is 13.2. The van der Waals surface area contributed by atoms with Crippen molar-refractivity contribution >= 4 is 35.1 Å². The smallest absolute Gasteiger partial charge is 0.394 e. The number of hydrogen-bond donors (Lipinski definition) is 11. The van der Waals surface area contributed by atoms with E-state index in [0.717, 1.165) is 17.7 Å². The fourth-order valence-electron chi connectivity index (χ4n) is 4.54. The number of aliphatic imine (C=N–C) groups is 1. The van der Waals surface area contributed by atoms with Gasteiger partial charge in [0.05, 0.1) is 13.2 Å². The molecule has 0 saturated carbocycles. The Labute approximate surface area is 270 Å². The molecular formula is C21H35N6O18P3. The summed E-state index contributed by atoms with van der Waals surface area (Å²) in [5, 5.41) is 49.9. The monoisotopic (exact) mass is 752 g/mol. The highest BCUT2D eigenvalue weighted by molar-refractivity contribution is 7.66. The molecule has 3 aliphatic rings. The maximum atomic E-state index is 11.9. The summed E-state index contributed by atoms with van der Waals surface area (Å²) in [4.78, 5) is 56.3. The van der Waals surface area contributed by atoms with Gasteiger partial charge in [-0.3, -0.25) is 9.09 Å². The van der Waals surface area contributed by atoms with E-state index in [9.17, 15) is 43.8 Å². The average Bonchev–Trinajstić information content (AvgIpc) is 3.28. The largest absolute Gasteiger partial charge is 0.490 e. The Morgan fingerprint density at radius 3 is 2.06 bits per heavy atom. The normalized spacial score (nSPS) is 34.6. The van der Waals surface area contributed by atoms with Gasteiger partial charge in [-0.15, -0.1) is 0 Å². The van der Waals surface area contributed by atoms with Crippen LogP contribution in [0.5, 0.6) is 0 Å². The Morgan fingerprint density at radius 1 is 0.979 bits per heavy atom. The summed E-state index contributed by atoms with van der Waals surface area (Å²) in [5.74, 6) is 0.470. The Hall–Kier alpha value is -2.44. The van der Waals surface area contributed by atoms with Gasteiger partial charge in [0.15, 0.2) is 12.5 Å². The van der Waals surface area contributed by atoms with Crippen molar-refractivity contribution in [2.24, 2.45) is 10.7 Å². The van der Waals surface area contributed by atoms with Gasteiger partial charge in [0.25, 0.3) is 0 Å². The van der Waals surface area contributed by atoms with Crippen LogP contribution in [0.4, 0.5) is 5.82 Å². The van der Waals surface area contributed by atoms with Crippen LogP contribution in [0.2, 0.25) is 0 Å². The van der Waals surface area contributed by atoms with E-state index in [2.05, 4.69) is 29.7 Å². The molecule has 0 spiro atoms. The zero-order valence-electron chi connectivity index (χ0n) is 24.9. The molecule has 4 heterocycles. The molecule has 0 radical (unpaired) electrons. The minimum absolute atomic E-state index is 0.126. The number of rotatable bonds is 10. The van der Waals surface area contributed by atoms with Gasteiger partial charge in [-0.2, -0.15) is 13.6 Å². The second kappa shape index (κ2) is 14.4. The average molecular weight is 752 g/mol. The van der Waals surface area contributed by atoms with Crippen molar-refractivity contribution < 1.29 is 81.4 Å². The van der Waals surface area contributed by atoms with Crippen molar-refractivity contribution in [1.82, 2.24) is 14.5 Å². The fraction of sp³-hybridized carbons (Fsp3) is 0.571. The third-order valence-corrected chi connectivity index (χ3v) is 10.6. The standard InChI is InChI=1S/C11H17N3O4.C10H18N3O14P3/c1-6-13-8(12)3-4-14(6)10-11(2,17)9(16)7(5-15)18-10;1-10(16)7(14)5(25-8(10)13-3-2-6(11)12-9(13)15)4-24-29(20,21)27-30(22,23)26-28(17,18)19/h3-4,7,9-10,15-17H,1,5H2,2H3,(H2,12,13);2-3,5,7-8,14,16H,4H2,1H3,(H,20,21)(H,22,23)(H2,11,12,15)(H2,17,18,19)/t7-,9+,10-,11?;5-,7+,8-,10?/m11/s1. The molecule has 0 amide bonds. The minimum atomic E-state index is -5.73. The predicted molar refractivity (Wildman–Crippen MR) is 157 cm³/mol. The molecule has 0 bridgehead atoms. The van der Waals surface area contributed by atoms with E-state index in [0.29, 0.717) is 11.7 Å².